The van der Waals surface area contributed by atoms with Crippen molar-refractivity contribution in [2.45, 2.75) is 39.9 Å². The Balaban J connectivity index is 0.00000385. The van der Waals surface area contributed by atoms with Crippen molar-refractivity contribution in [2.24, 2.45) is 4.99 Å². The fourth-order valence-electron chi connectivity index (χ4n) is 3.15. The summed E-state index contributed by atoms with van der Waals surface area (Å²) in [4.78, 5) is 16.8. The molecule has 1 unspecified atom stereocenters. The third-order valence-corrected chi connectivity index (χ3v) is 4.89. The van der Waals surface area contributed by atoms with Gasteiger partial charge >= 0.3 is 0 Å². The van der Waals surface area contributed by atoms with Crippen LogP contribution >= 0.6 is 24.0 Å². The molecule has 0 spiro atoms. The van der Waals surface area contributed by atoms with Crippen molar-refractivity contribution in [1.29, 1.82) is 0 Å². The molecule has 0 fully saturated rings. The van der Waals surface area contributed by atoms with Crippen molar-refractivity contribution in [3.8, 4) is 0 Å². The third kappa shape index (κ3) is 8.16. The number of aliphatic imine (C=N–C) groups is 1. The van der Waals surface area contributed by atoms with Gasteiger partial charge in [0.2, 0.25) is 5.91 Å². The monoisotopic (exact) mass is 564 g/mol. The summed E-state index contributed by atoms with van der Waals surface area (Å²) in [5, 5.41) is 13.5. The molecule has 3 rings (SSSR count). The van der Waals surface area contributed by atoms with Crippen LogP contribution in [0, 0.1) is 12.7 Å². The molecule has 1 heterocycles. The molecule has 1 amide bonds. The third-order valence-electron chi connectivity index (χ3n) is 4.89. The van der Waals surface area contributed by atoms with Crippen molar-refractivity contribution in [3.63, 3.8) is 0 Å². The zero-order chi connectivity index (χ0) is 22.9. The number of guanidine groups is 1. The molecule has 176 valence electrons. The van der Waals surface area contributed by atoms with Gasteiger partial charge in [0, 0.05) is 24.6 Å². The quantitative estimate of drug-likeness (QED) is 0.215. The summed E-state index contributed by atoms with van der Waals surface area (Å²) in [5.74, 6) is 0.266. The molecule has 1 aromatic heterocycles. The normalized spacial score (nSPS) is 11.9. The average molecular weight is 564 g/mol. The second kappa shape index (κ2) is 12.9. The second-order valence-electron chi connectivity index (χ2n) is 7.52. The first-order valence-corrected chi connectivity index (χ1v) is 10.6. The van der Waals surface area contributed by atoms with E-state index in [1.165, 1.54) is 0 Å². The lowest BCUT2D eigenvalue weighted by atomic mass is 10.1. The van der Waals surface area contributed by atoms with Crippen molar-refractivity contribution in [1.82, 2.24) is 20.4 Å². The maximum absolute atomic E-state index is 13.9. The van der Waals surface area contributed by atoms with Crippen LogP contribution in [0.4, 0.5) is 10.1 Å². The first-order chi connectivity index (χ1) is 15.4. The van der Waals surface area contributed by atoms with Gasteiger partial charge in [0.25, 0.3) is 0 Å². The summed E-state index contributed by atoms with van der Waals surface area (Å²) in [6, 6.07) is 14.5. The number of hydrogen-bond acceptors (Lipinski definition) is 3. The molecule has 0 saturated carbocycles. The highest BCUT2D eigenvalue weighted by atomic mass is 127. The Labute approximate surface area is 210 Å². The predicted molar refractivity (Wildman–Crippen MR) is 140 cm³/mol. The van der Waals surface area contributed by atoms with Gasteiger partial charge in [-0.2, -0.15) is 5.10 Å². The minimum atomic E-state index is -0.218. The molecule has 0 saturated heterocycles. The zero-order valence-corrected chi connectivity index (χ0v) is 21.3. The number of aryl methyl sites for hydroxylation is 1. The SMILES string of the molecule is CCNC(=NCc1cccc(NC(=O)Cn2cccn2)c1)NC(C)c1ccc(C)c(F)c1.I. The van der Waals surface area contributed by atoms with Gasteiger partial charge in [-0.05, 0) is 61.7 Å². The number of amides is 1. The molecule has 0 aliphatic heterocycles. The molecule has 0 radical (unpaired) electrons. The van der Waals surface area contributed by atoms with Crippen LogP contribution in [0.25, 0.3) is 0 Å². The predicted octanol–water partition coefficient (Wildman–Crippen LogP) is 4.40. The summed E-state index contributed by atoms with van der Waals surface area (Å²) in [7, 11) is 0. The Morgan fingerprint density at radius 3 is 2.73 bits per heavy atom. The van der Waals surface area contributed by atoms with Crippen LogP contribution < -0.4 is 16.0 Å². The summed E-state index contributed by atoms with van der Waals surface area (Å²) in [5.41, 5.74) is 3.13. The number of benzene rings is 2. The van der Waals surface area contributed by atoms with Gasteiger partial charge in [-0.3, -0.25) is 9.48 Å². The fourth-order valence-corrected chi connectivity index (χ4v) is 3.15. The molecule has 7 nitrogen and oxygen atoms in total. The summed E-state index contributed by atoms with van der Waals surface area (Å²) in [6.07, 6.45) is 3.38. The highest BCUT2D eigenvalue weighted by Crippen LogP contribution is 2.16. The summed E-state index contributed by atoms with van der Waals surface area (Å²) in [6.45, 7) is 6.98. The molecule has 0 bridgehead atoms. The Hall–Kier alpha value is -2.95. The summed E-state index contributed by atoms with van der Waals surface area (Å²) < 4.78 is 15.5. The Kier molecular flexibility index (Phi) is 10.3. The van der Waals surface area contributed by atoms with E-state index >= 15 is 0 Å². The molecule has 2 aromatic carbocycles. The van der Waals surface area contributed by atoms with Crippen molar-refractivity contribution in [2.75, 3.05) is 11.9 Å². The molecular weight excluding hydrogens is 534 g/mol. The number of carbonyl (C=O) groups is 1. The topological polar surface area (TPSA) is 83.3 Å². The molecule has 3 N–H and O–H groups in total. The van der Waals surface area contributed by atoms with Crippen molar-refractivity contribution in [3.05, 3.63) is 83.4 Å². The number of nitrogens with zero attached hydrogens (tertiary/aromatic N) is 3. The van der Waals surface area contributed by atoms with Crippen molar-refractivity contribution >= 4 is 41.5 Å². The van der Waals surface area contributed by atoms with E-state index in [9.17, 15) is 9.18 Å². The largest absolute Gasteiger partial charge is 0.357 e. The van der Waals surface area contributed by atoms with E-state index in [2.05, 4.69) is 26.0 Å². The van der Waals surface area contributed by atoms with Gasteiger partial charge in [0.1, 0.15) is 12.4 Å². The van der Waals surface area contributed by atoms with Crippen LogP contribution in [-0.4, -0.2) is 28.2 Å². The van der Waals surface area contributed by atoms with Crippen LogP contribution in [0.2, 0.25) is 0 Å². The van der Waals surface area contributed by atoms with E-state index in [1.807, 2.05) is 44.2 Å². The number of halogens is 2. The van der Waals surface area contributed by atoms with Crippen LogP contribution in [0.1, 0.15) is 36.6 Å². The molecule has 1 atom stereocenters. The van der Waals surface area contributed by atoms with E-state index in [1.54, 1.807) is 42.2 Å². The van der Waals surface area contributed by atoms with Gasteiger partial charge in [-0.1, -0.05) is 24.3 Å². The molecule has 33 heavy (non-hydrogen) atoms. The standard InChI is InChI=1S/C24H29FN6O.HI/c1-4-26-24(29-18(3)20-10-9-17(2)22(25)14-20)27-15-19-7-5-8-21(13-19)30-23(32)16-31-12-6-11-28-31;/h5-14,18H,4,15-16H2,1-3H3,(H,30,32)(H2,26,27,29);1H. The maximum atomic E-state index is 13.9. The number of nitrogens with one attached hydrogen (secondary N) is 3. The van der Waals surface area contributed by atoms with Crippen LogP contribution in [0.15, 0.2) is 65.9 Å². The Bertz CT molecular complexity index is 1070. The highest BCUT2D eigenvalue weighted by Gasteiger charge is 2.10. The Morgan fingerprint density at radius 2 is 2.03 bits per heavy atom. The van der Waals surface area contributed by atoms with Gasteiger partial charge in [-0.25, -0.2) is 9.38 Å². The minimum absolute atomic E-state index is 0. The van der Waals surface area contributed by atoms with E-state index < -0.39 is 0 Å². The molecule has 9 heteroatoms. The zero-order valence-electron chi connectivity index (χ0n) is 19.0. The van der Waals surface area contributed by atoms with Crippen LogP contribution in [0.5, 0.6) is 0 Å². The lowest BCUT2D eigenvalue weighted by Gasteiger charge is -2.18. The number of carbonyl (C=O) groups excluding carboxylic acids is 1. The van der Waals surface area contributed by atoms with E-state index in [0.29, 0.717) is 30.3 Å². The van der Waals surface area contributed by atoms with Gasteiger partial charge in [-0.15, -0.1) is 24.0 Å². The maximum Gasteiger partial charge on any atom is 0.246 e. The first-order valence-electron chi connectivity index (χ1n) is 10.6. The first kappa shape index (κ1) is 26.3. The van der Waals surface area contributed by atoms with Crippen molar-refractivity contribution < 1.29 is 9.18 Å². The second-order valence-corrected chi connectivity index (χ2v) is 7.52. The molecule has 0 aliphatic carbocycles. The number of aromatic nitrogens is 2. The minimum Gasteiger partial charge on any atom is -0.357 e. The highest BCUT2D eigenvalue weighted by molar-refractivity contribution is 14.0. The van der Waals surface area contributed by atoms with Crippen LogP contribution in [0.3, 0.4) is 0 Å². The van der Waals surface area contributed by atoms with Gasteiger partial charge < -0.3 is 16.0 Å². The number of hydrogen-bond donors (Lipinski definition) is 3. The summed E-state index contributed by atoms with van der Waals surface area (Å²) >= 11 is 0. The molecular formula is C24H30FIN6O. The molecule has 0 aliphatic rings. The lowest BCUT2D eigenvalue weighted by molar-refractivity contribution is -0.116. The Morgan fingerprint density at radius 1 is 1.21 bits per heavy atom. The van der Waals surface area contributed by atoms with E-state index in [-0.39, 0.29) is 48.3 Å². The van der Waals surface area contributed by atoms with E-state index in [4.69, 9.17) is 0 Å². The fraction of sp³-hybridized carbons (Fsp3) is 0.292. The van der Waals surface area contributed by atoms with Crippen LogP contribution in [-0.2, 0) is 17.9 Å². The number of rotatable bonds is 8. The number of anilines is 1. The van der Waals surface area contributed by atoms with E-state index in [0.717, 1.165) is 11.1 Å². The lowest BCUT2D eigenvalue weighted by Crippen LogP contribution is -2.38. The smallest absolute Gasteiger partial charge is 0.246 e. The van der Waals surface area contributed by atoms with Gasteiger partial charge in [0.15, 0.2) is 5.96 Å². The molecule has 3 aromatic rings. The average Bonchev–Trinajstić information content (AvgIpc) is 3.27. The van der Waals surface area contributed by atoms with Gasteiger partial charge in [0.05, 0.1) is 12.6 Å².